The number of urea groups is 1. The Morgan fingerprint density at radius 3 is 2.75 bits per heavy atom. The quantitative estimate of drug-likeness (QED) is 0.669. The summed E-state index contributed by atoms with van der Waals surface area (Å²) in [5.41, 5.74) is -0.243. The van der Waals surface area contributed by atoms with Crippen LogP contribution in [0.25, 0.3) is 0 Å². The zero-order chi connectivity index (χ0) is 15.0. The van der Waals surface area contributed by atoms with E-state index in [0.29, 0.717) is 13.2 Å². The molecule has 0 aliphatic rings. The lowest BCUT2D eigenvalue weighted by molar-refractivity contribution is 0.0698. The van der Waals surface area contributed by atoms with E-state index < -0.39 is 17.8 Å². The van der Waals surface area contributed by atoms with Gasteiger partial charge in [-0.05, 0) is 31.0 Å². The minimum absolute atomic E-state index is 0.0770. The first-order valence-electron chi connectivity index (χ1n) is 6.11. The van der Waals surface area contributed by atoms with Gasteiger partial charge in [0.05, 0.1) is 11.3 Å². The number of halogens is 1. The summed E-state index contributed by atoms with van der Waals surface area (Å²) in [4.78, 5) is 22.5. The molecule has 1 aromatic carbocycles. The SMILES string of the molecule is COCCCCNC(=O)Nc1cc(F)ccc1C(=O)O. The number of aromatic carboxylic acids is 1. The van der Waals surface area contributed by atoms with Crippen LogP contribution in [-0.4, -0.2) is 37.4 Å². The molecule has 0 bridgehead atoms. The van der Waals surface area contributed by atoms with Crippen LogP contribution >= 0.6 is 0 Å². The fraction of sp³-hybridized carbons (Fsp3) is 0.385. The van der Waals surface area contributed by atoms with E-state index in [1.165, 1.54) is 0 Å². The molecule has 0 aliphatic heterocycles. The van der Waals surface area contributed by atoms with Gasteiger partial charge in [-0.15, -0.1) is 0 Å². The molecule has 0 fully saturated rings. The fourth-order valence-electron chi connectivity index (χ4n) is 1.55. The van der Waals surface area contributed by atoms with E-state index in [-0.39, 0.29) is 11.3 Å². The van der Waals surface area contributed by atoms with Crippen molar-refractivity contribution in [3.63, 3.8) is 0 Å². The van der Waals surface area contributed by atoms with Gasteiger partial charge in [-0.1, -0.05) is 0 Å². The number of benzene rings is 1. The van der Waals surface area contributed by atoms with E-state index in [9.17, 15) is 14.0 Å². The third kappa shape index (κ3) is 5.23. The summed E-state index contributed by atoms with van der Waals surface area (Å²) in [6.45, 7) is 1.03. The van der Waals surface area contributed by atoms with Gasteiger partial charge in [-0.25, -0.2) is 14.0 Å². The molecule has 0 radical (unpaired) electrons. The number of methoxy groups -OCH3 is 1. The molecule has 0 atom stereocenters. The maximum atomic E-state index is 13.1. The second-order valence-corrected chi connectivity index (χ2v) is 4.08. The minimum Gasteiger partial charge on any atom is -0.478 e. The summed E-state index contributed by atoms with van der Waals surface area (Å²) in [6, 6.07) is 2.52. The first kappa shape index (κ1) is 15.9. The smallest absolute Gasteiger partial charge is 0.337 e. The number of hydrogen-bond acceptors (Lipinski definition) is 3. The Labute approximate surface area is 115 Å². The van der Waals surface area contributed by atoms with Crippen LogP contribution < -0.4 is 10.6 Å². The van der Waals surface area contributed by atoms with Crippen molar-refractivity contribution < 1.29 is 23.8 Å². The third-order valence-corrected chi connectivity index (χ3v) is 2.52. The highest BCUT2D eigenvalue weighted by molar-refractivity contribution is 5.99. The van der Waals surface area contributed by atoms with E-state index in [1.54, 1.807) is 7.11 Å². The molecule has 1 aromatic rings. The van der Waals surface area contributed by atoms with Crippen LogP contribution in [0.3, 0.4) is 0 Å². The number of carboxylic acid groups (broad SMARTS) is 1. The van der Waals surface area contributed by atoms with Crippen LogP contribution in [0.2, 0.25) is 0 Å². The van der Waals surface area contributed by atoms with E-state index >= 15 is 0 Å². The van der Waals surface area contributed by atoms with Crippen LogP contribution in [-0.2, 0) is 4.74 Å². The van der Waals surface area contributed by atoms with Crippen molar-refractivity contribution in [2.45, 2.75) is 12.8 Å². The highest BCUT2D eigenvalue weighted by atomic mass is 19.1. The molecular formula is C13H17FN2O4. The molecule has 3 N–H and O–H groups in total. The maximum Gasteiger partial charge on any atom is 0.337 e. The van der Waals surface area contributed by atoms with Gasteiger partial charge in [0.15, 0.2) is 0 Å². The Balaban J connectivity index is 2.53. The van der Waals surface area contributed by atoms with E-state index in [2.05, 4.69) is 10.6 Å². The van der Waals surface area contributed by atoms with Crippen LogP contribution in [0.5, 0.6) is 0 Å². The molecule has 0 heterocycles. The second kappa shape index (κ2) is 8.11. The molecule has 1 rings (SSSR count). The summed E-state index contributed by atoms with van der Waals surface area (Å²) in [5, 5.41) is 13.8. The van der Waals surface area contributed by atoms with Crippen molar-refractivity contribution in [2.24, 2.45) is 0 Å². The Morgan fingerprint density at radius 2 is 2.10 bits per heavy atom. The number of rotatable bonds is 7. The molecule has 6 nitrogen and oxygen atoms in total. The van der Waals surface area contributed by atoms with Gasteiger partial charge in [0.1, 0.15) is 5.82 Å². The normalized spacial score (nSPS) is 10.1. The summed E-state index contributed by atoms with van der Waals surface area (Å²) < 4.78 is 17.9. The maximum absolute atomic E-state index is 13.1. The van der Waals surface area contributed by atoms with Gasteiger partial charge in [-0.3, -0.25) is 0 Å². The zero-order valence-corrected chi connectivity index (χ0v) is 11.1. The Kier molecular flexibility index (Phi) is 6.45. The van der Waals surface area contributed by atoms with Crippen LogP contribution in [0.15, 0.2) is 18.2 Å². The summed E-state index contributed by atoms with van der Waals surface area (Å²) >= 11 is 0. The molecule has 20 heavy (non-hydrogen) atoms. The summed E-state index contributed by atoms with van der Waals surface area (Å²) in [5.74, 6) is -1.86. The molecule has 0 aromatic heterocycles. The number of hydrogen-bond donors (Lipinski definition) is 3. The Morgan fingerprint density at radius 1 is 1.35 bits per heavy atom. The minimum atomic E-state index is -1.24. The Hall–Kier alpha value is -2.15. The van der Waals surface area contributed by atoms with Crippen LogP contribution in [0, 0.1) is 5.82 Å². The largest absolute Gasteiger partial charge is 0.478 e. The number of amides is 2. The molecule has 2 amide bonds. The lowest BCUT2D eigenvalue weighted by Gasteiger charge is -2.10. The van der Waals surface area contributed by atoms with Gasteiger partial charge >= 0.3 is 12.0 Å². The predicted octanol–water partition coefficient (Wildman–Crippen LogP) is 2.07. The molecular weight excluding hydrogens is 267 g/mol. The van der Waals surface area contributed by atoms with Crippen LogP contribution in [0.1, 0.15) is 23.2 Å². The Bertz CT molecular complexity index is 479. The lowest BCUT2D eigenvalue weighted by Crippen LogP contribution is -2.30. The monoisotopic (exact) mass is 284 g/mol. The predicted molar refractivity (Wildman–Crippen MR) is 71.5 cm³/mol. The zero-order valence-electron chi connectivity index (χ0n) is 11.1. The summed E-state index contributed by atoms with van der Waals surface area (Å²) in [7, 11) is 1.59. The van der Waals surface area contributed by atoms with Gasteiger partial charge in [0.25, 0.3) is 0 Å². The standard InChI is InChI=1S/C13H17FN2O4/c1-20-7-3-2-6-15-13(19)16-11-8-9(14)4-5-10(11)12(17)18/h4-5,8H,2-3,6-7H2,1H3,(H,17,18)(H2,15,16,19). The van der Waals surface area contributed by atoms with Gasteiger partial charge in [-0.2, -0.15) is 0 Å². The molecule has 110 valence electrons. The van der Waals surface area contributed by atoms with E-state index in [4.69, 9.17) is 9.84 Å². The topological polar surface area (TPSA) is 87.7 Å². The van der Waals surface area contributed by atoms with Crippen molar-refractivity contribution in [1.29, 1.82) is 0 Å². The molecule has 7 heteroatoms. The number of ether oxygens (including phenoxy) is 1. The van der Waals surface area contributed by atoms with Crippen molar-refractivity contribution in [3.8, 4) is 0 Å². The number of carbonyl (C=O) groups excluding carboxylic acids is 1. The molecule has 0 spiro atoms. The van der Waals surface area contributed by atoms with Crippen molar-refractivity contribution in [2.75, 3.05) is 25.6 Å². The van der Waals surface area contributed by atoms with Crippen molar-refractivity contribution >= 4 is 17.7 Å². The van der Waals surface area contributed by atoms with E-state index in [1.807, 2.05) is 0 Å². The van der Waals surface area contributed by atoms with Gasteiger partial charge in [0, 0.05) is 20.3 Å². The number of carboxylic acids is 1. The number of carbonyl (C=O) groups is 2. The van der Waals surface area contributed by atoms with Crippen LogP contribution in [0.4, 0.5) is 14.9 Å². The lowest BCUT2D eigenvalue weighted by atomic mass is 10.2. The van der Waals surface area contributed by atoms with E-state index in [0.717, 1.165) is 31.0 Å². The summed E-state index contributed by atoms with van der Waals surface area (Å²) in [6.07, 6.45) is 1.54. The van der Waals surface area contributed by atoms with Gasteiger partial charge < -0.3 is 20.5 Å². The first-order valence-corrected chi connectivity index (χ1v) is 6.11. The fourth-order valence-corrected chi connectivity index (χ4v) is 1.55. The molecule has 0 saturated carbocycles. The number of anilines is 1. The first-order chi connectivity index (χ1) is 9.54. The number of unbranched alkanes of at least 4 members (excludes halogenated alkanes) is 1. The third-order valence-electron chi connectivity index (χ3n) is 2.52. The number of nitrogens with one attached hydrogen (secondary N) is 2. The average molecular weight is 284 g/mol. The second-order valence-electron chi connectivity index (χ2n) is 4.08. The van der Waals surface area contributed by atoms with Crippen molar-refractivity contribution in [1.82, 2.24) is 5.32 Å². The van der Waals surface area contributed by atoms with Crippen molar-refractivity contribution in [3.05, 3.63) is 29.6 Å². The van der Waals surface area contributed by atoms with Gasteiger partial charge in [0.2, 0.25) is 0 Å². The average Bonchev–Trinajstić information content (AvgIpc) is 2.38. The molecule has 0 aliphatic carbocycles. The highest BCUT2D eigenvalue weighted by Crippen LogP contribution is 2.17. The molecule has 0 unspecified atom stereocenters. The highest BCUT2D eigenvalue weighted by Gasteiger charge is 2.13. The molecule has 0 saturated heterocycles.